The van der Waals surface area contributed by atoms with Crippen LogP contribution in [0.3, 0.4) is 0 Å². The lowest BCUT2D eigenvalue weighted by molar-refractivity contribution is 0.282. The molecule has 4 nitrogen and oxygen atoms in total. The zero-order valence-electron chi connectivity index (χ0n) is 19.8. The number of thioether (sulfide) groups is 1. The number of rotatable bonds is 5. The summed E-state index contributed by atoms with van der Waals surface area (Å²) in [7, 11) is 0. The quantitative estimate of drug-likeness (QED) is 0.192. The fraction of sp³-hybridized carbons (Fsp3) is 0.310. The summed E-state index contributed by atoms with van der Waals surface area (Å²) in [6.45, 7) is 0.348. The maximum Gasteiger partial charge on any atom is 0.258 e. The van der Waals surface area contributed by atoms with Crippen LogP contribution in [0.1, 0.15) is 54.6 Å². The Kier molecular flexibility index (Phi) is 6.49. The van der Waals surface area contributed by atoms with Crippen LogP contribution in [0.15, 0.2) is 75.2 Å². The molecular formula is C29H26Cl2N2O2S. The Labute approximate surface area is 224 Å². The van der Waals surface area contributed by atoms with Crippen LogP contribution in [0.2, 0.25) is 10.0 Å². The SMILES string of the molecule is O=c1c2c(nc(SCc3ccc(Cl)cc3Cl)n1Cc1ccco1)-c1ccccc1CC21CCCCC1. The van der Waals surface area contributed by atoms with Crippen LogP contribution in [0.4, 0.5) is 0 Å². The van der Waals surface area contributed by atoms with Crippen molar-refractivity contribution >= 4 is 35.0 Å². The minimum Gasteiger partial charge on any atom is -0.467 e. The Hall–Kier alpha value is -2.47. The number of hydrogen-bond acceptors (Lipinski definition) is 4. The van der Waals surface area contributed by atoms with Gasteiger partial charge in [-0.25, -0.2) is 4.98 Å². The van der Waals surface area contributed by atoms with Crippen molar-refractivity contribution in [1.29, 1.82) is 0 Å². The average molecular weight is 538 g/mol. The van der Waals surface area contributed by atoms with Gasteiger partial charge in [0.1, 0.15) is 5.76 Å². The molecule has 0 radical (unpaired) electrons. The van der Waals surface area contributed by atoms with Gasteiger partial charge in [-0.3, -0.25) is 9.36 Å². The molecule has 2 aromatic carbocycles. The lowest BCUT2D eigenvalue weighted by Gasteiger charge is -2.42. The third-order valence-electron chi connectivity index (χ3n) is 7.54. The van der Waals surface area contributed by atoms with E-state index in [4.69, 9.17) is 32.6 Å². The smallest absolute Gasteiger partial charge is 0.258 e. The van der Waals surface area contributed by atoms with Gasteiger partial charge in [0.15, 0.2) is 5.16 Å². The number of nitrogens with zero attached hydrogens (tertiary/aromatic N) is 2. The second kappa shape index (κ2) is 9.77. The van der Waals surface area contributed by atoms with Crippen LogP contribution in [-0.4, -0.2) is 9.55 Å². The van der Waals surface area contributed by atoms with Gasteiger partial charge >= 0.3 is 0 Å². The van der Waals surface area contributed by atoms with Crippen LogP contribution in [-0.2, 0) is 24.1 Å². The van der Waals surface area contributed by atoms with Gasteiger partial charge in [0, 0.05) is 26.8 Å². The van der Waals surface area contributed by atoms with Gasteiger partial charge in [-0.1, -0.05) is 84.6 Å². The third kappa shape index (κ3) is 4.31. The van der Waals surface area contributed by atoms with Crippen LogP contribution >= 0.6 is 35.0 Å². The minimum absolute atomic E-state index is 0.0532. The molecule has 2 heterocycles. The summed E-state index contributed by atoms with van der Waals surface area (Å²) in [5, 5.41) is 1.88. The normalized spacial score (nSPS) is 16.1. The van der Waals surface area contributed by atoms with E-state index in [1.807, 2.05) is 30.3 Å². The predicted molar refractivity (Wildman–Crippen MR) is 146 cm³/mol. The standard InChI is InChI=1S/C29H26Cl2N2O2S/c30-21-11-10-20(24(31)15-21)18-36-28-32-26-23-9-3-2-7-19(23)16-29(12-4-1-5-13-29)25(26)27(34)33(28)17-22-8-6-14-35-22/h2-3,6-11,14-15H,1,4-5,12-13,16-18H2. The highest BCUT2D eigenvalue weighted by Crippen LogP contribution is 2.49. The number of fused-ring (bicyclic) bond motifs is 4. The van der Waals surface area contributed by atoms with E-state index in [9.17, 15) is 4.79 Å². The van der Waals surface area contributed by atoms with Crippen molar-refractivity contribution in [2.45, 2.75) is 61.4 Å². The second-order valence-corrected chi connectivity index (χ2v) is 11.6. The monoisotopic (exact) mass is 536 g/mol. The van der Waals surface area contributed by atoms with E-state index in [1.165, 1.54) is 23.7 Å². The van der Waals surface area contributed by atoms with Crippen molar-refractivity contribution < 1.29 is 4.42 Å². The molecule has 7 heteroatoms. The summed E-state index contributed by atoms with van der Waals surface area (Å²) >= 11 is 14.1. The Morgan fingerprint density at radius 2 is 1.86 bits per heavy atom. The predicted octanol–water partition coefficient (Wildman–Crippen LogP) is 7.91. The van der Waals surface area contributed by atoms with Crippen LogP contribution in [0.25, 0.3) is 11.3 Å². The Morgan fingerprint density at radius 1 is 1.03 bits per heavy atom. The molecule has 0 unspecified atom stereocenters. The first-order valence-corrected chi connectivity index (χ1v) is 14.1. The molecule has 36 heavy (non-hydrogen) atoms. The van der Waals surface area contributed by atoms with E-state index >= 15 is 0 Å². The van der Waals surface area contributed by atoms with Crippen LogP contribution < -0.4 is 5.56 Å². The second-order valence-electron chi connectivity index (χ2n) is 9.79. The fourth-order valence-electron chi connectivity index (χ4n) is 5.81. The molecule has 1 fully saturated rings. The van der Waals surface area contributed by atoms with E-state index in [2.05, 4.69) is 18.2 Å². The van der Waals surface area contributed by atoms with Gasteiger partial charge < -0.3 is 4.42 Å². The largest absolute Gasteiger partial charge is 0.467 e. The molecule has 6 rings (SSSR count). The van der Waals surface area contributed by atoms with Crippen LogP contribution in [0.5, 0.6) is 0 Å². The van der Waals surface area contributed by atoms with Gasteiger partial charge in [0.25, 0.3) is 5.56 Å². The van der Waals surface area contributed by atoms with Gasteiger partial charge in [-0.05, 0) is 54.7 Å². The molecule has 2 aromatic heterocycles. The van der Waals surface area contributed by atoms with Gasteiger partial charge in [0.05, 0.1) is 24.1 Å². The third-order valence-corrected chi connectivity index (χ3v) is 9.15. The topological polar surface area (TPSA) is 48.0 Å². The van der Waals surface area contributed by atoms with Gasteiger partial charge in [-0.15, -0.1) is 0 Å². The zero-order chi connectivity index (χ0) is 24.7. The highest BCUT2D eigenvalue weighted by atomic mass is 35.5. The first-order valence-electron chi connectivity index (χ1n) is 12.4. The van der Waals surface area contributed by atoms with E-state index in [1.54, 1.807) is 16.9 Å². The summed E-state index contributed by atoms with van der Waals surface area (Å²) in [6, 6.07) is 17.7. The molecule has 2 aliphatic carbocycles. The van der Waals surface area contributed by atoms with Crippen molar-refractivity contribution in [3.05, 3.63) is 104 Å². The molecule has 184 valence electrons. The van der Waals surface area contributed by atoms with Crippen molar-refractivity contribution in [3.63, 3.8) is 0 Å². The first kappa shape index (κ1) is 23.9. The maximum absolute atomic E-state index is 14.4. The molecule has 0 atom stereocenters. The number of benzene rings is 2. The number of furan rings is 1. The summed E-state index contributed by atoms with van der Waals surface area (Å²) < 4.78 is 7.45. The van der Waals surface area contributed by atoms with Crippen molar-refractivity contribution in [3.8, 4) is 11.3 Å². The van der Waals surface area contributed by atoms with Gasteiger partial charge in [0.2, 0.25) is 0 Å². The Morgan fingerprint density at radius 3 is 2.64 bits per heavy atom. The van der Waals surface area contributed by atoms with Crippen molar-refractivity contribution in [2.75, 3.05) is 0 Å². The molecule has 0 amide bonds. The Balaban J connectivity index is 1.52. The molecule has 1 spiro atoms. The summed E-state index contributed by atoms with van der Waals surface area (Å²) in [5.74, 6) is 1.31. The zero-order valence-corrected chi connectivity index (χ0v) is 22.1. The number of hydrogen-bond donors (Lipinski definition) is 0. The van der Waals surface area contributed by atoms with E-state index in [-0.39, 0.29) is 11.0 Å². The molecular weight excluding hydrogens is 511 g/mol. The lowest BCUT2D eigenvalue weighted by atomic mass is 9.62. The van der Waals surface area contributed by atoms with E-state index in [0.717, 1.165) is 60.2 Å². The molecule has 2 aliphatic rings. The van der Waals surface area contributed by atoms with Gasteiger partial charge in [-0.2, -0.15) is 0 Å². The maximum atomic E-state index is 14.4. The van der Waals surface area contributed by atoms with Crippen LogP contribution in [0, 0.1) is 0 Å². The molecule has 0 bridgehead atoms. The molecule has 0 saturated heterocycles. The summed E-state index contributed by atoms with van der Waals surface area (Å²) in [4.78, 5) is 19.6. The number of halogens is 2. The Bertz CT molecular complexity index is 1470. The van der Waals surface area contributed by atoms with E-state index in [0.29, 0.717) is 27.5 Å². The number of aromatic nitrogens is 2. The molecule has 0 N–H and O–H groups in total. The fourth-order valence-corrected chi connectivity index (χ4v) is 7.36. The van der Waals surface area contributed by atoms with Crippen molar-refractivity contribution in [2.24, 2.45) is 0 Å². The highest BCUT2D eigenvalue weighted by molar-refractivity contribution is 7.98. The van der Waals surface area contributed by atoms with Crippen molar-refractivity contribution in [1.82, 2.24) is 9.55 Å². The van der Waals surface area contributed by atoms with E-state index < -0.39 is 0 Å². The molecule has 1 saturated carbocycles. The average Bonchev–Trinajstić information content (AvgIpc) is 3.39. The molecule has 0 aliphatic heterocycles. The summed E-state index contributed by atoms with van der Waals surface area (Å²) in [6.07, 6.45) is 8.11. The highest BCUT2D eigenvalue weighted by Gasteiger charge is 2.43. The minimum atomic E-state index is -0.153. The summed E-state index contributed by atoms with van der Waals surface area (Å²) in [5.41, 5.74) is 4.96. The molecule has 4 aromatic rings. The first-order chi connectivity index (χ1) is 17.5. The lowest BCUT2D eigenvalue weighted by Crippen LogP contribution is -2.43.